The average molecular weight is 728 g/mol. The lowest BCUT2D eigenvalue weighted by Crippen LogP contribution is -2.44. The molecule has 1 fully saturated rings. The minimum atomic E-state index is -0.878. The maximum absolute atomic E-state index is 7.71. The fraction of sp³-hybridized carbons (Fsp3) is 0.280. The van der Waals surface area contributed by atoms with Crippen molar-refractivity contribution >= 4 is 22.5 Å². The number of hydrogen-bond acceptors (Lipinski definition) is 5. The maximum atomic E-state index is 7.71. The van der Waals surface area contributed by atoms with Gasteiger partial charge in [-0.05, 0) is 82.0 Å². The van der Waals surface area contributed by atoms with Crippen LogP contribution < -0.4 is 19.1 Å². The van der Waals surface area contributed by atoms with Crippen LogP contribution in [0, 0.1) is 6.92 Å². The molecule has 5 heteroatoms. The van der Waals surface area contributed by atoms with Crippen molar-refractivity contribution in [3.05, 3.63) is 149 Å². The Kier molecular flexibility index (Phi) is 8.36. The number of rotatable bonds is 6. The number of methoxy groups -OCH3 is 2. The van der Waals surface area contributed by atoms with E-state index in [-0.39, 0.29) is 10.8 Å². The molecule has 1 aliphatic carbocycles. The summed E-state index contributed by atoms with van der Waals surface area (Å²) in [7, 11) is 3.49. The van der Waals surface area contributed by atoms with Gasteiger partial charge in [0.05, 0.1) is 27.4 Å². The van der Waals surface area contributed by atoms with E-state index in [9.17, 15) is 0 Å². The second-order valence-electron chi connectivity index (χ2n) is 16.3. The van der Waals surface area contributed by atoms with E-state index in [0.29, 0.717) is 0 Å². The number of morpholine rings is 1. The molecule has 55 heavy (non-hydrogen) atoms. The minimum Gasteiger partial charge on any atom is -0.496 e. The van der Waals surface area contributed by atoms with Gasteiger partial charge in [-0.3, -0.25) is 0 Å². The second kappa shape index (κ2) is 13.1. The van der Waals surface area contributed by atoms with Crippen molar-refractivity contribution in [1.82, 2.24) is 0 Å². The van der Waals surface area contributed by atoms with Crippen LogP contribution in [0.1, 0.15) is 61.1 Å². The molecule has 0 saturated carbocycles. The van der Waals surface area contributed by atoms with Crippen LogP contribution in [-0.4, -0.2) is 40.5 Å². The molecule has 0 radical (unpaired) electrons. The molecule has 2 heterocycles. The normalized spacial score (nSPS) is 19.2. The average Bonchev–Trinajstić information content (AvgIpc) is 3.22. The molecule has 3 aliphatic rings. The van der Waals surface area contributed by atoms with Crippen LogP contribution in [0.4, 0.5) is 5.69 Å². The molecule has 0 N–H and O–H groups in total. The number of nitrogens with zero attached hydrogens (tertiary/aromatic N) is 1. The van der Waals surface area contributed by atoms with E-state index in [0.717, 1.165) is 87.7 Å². The third-order valence-corrected chi connectivity index (χ3v) is 12.9. The Morgan fingerprint density at radius 1 is 0.636 bits per heavy atom. The summed E-state index contributed by atoms with van der Waals surface area (Å²) in [6.45, 7) is 14.9. The molecular formula is C50H49NO4. The van der Waals surface area contributed by atoms with Crippen molar-refractivity contribution in [2.45, 2.75) is 51.0 Å². The highest BCUT2D eigenvalue weighted by atomic mass is 16.5. The molecular weight excluding hydrogens is 679 g/mol. The number of benzene rings is 6. The Hall–Kier alpha value is -5.52. The molecule has 6 aromatic rings. The van der Waals surface area contributed by atoms with E-state index >= 15 is 0 Å². The first-order chi connectivity index (χ1) is 26.6. The molecule has 1 unspecified atom stereocenters. The van der Waals surface area contributed by atoms with Gasteiger partial charge >= 0.3 is 0 Å². The summed E-state index contributed by atoms with van der Waals surface area (Å²) in [6.07, 6.45) is 4.63. The standard InChI is InChI=1S/C50H49NO4/c1-32-17-22-36(43(29-32)52-6)39-30-40-41(31-44(39)53-7)47-38(46-45(40)37-15-11-12-16-42(37)48(2,3)49(46,4)5)23-24-50(55-47,33-13-9-8-10-14-33)34-18-20-35(21-19-34)51-25-27-54-28-26-51/h8-24,29-31H,25-28H2,1-7H3. The number of anilines is 1. The van der Waals surface area contributed by atoms with Crippen LogP contribution in [0.5, 0.6) is 17.2 Å². The van der Waals surface area contributed by atoms with E-state index in [1.807, 2.05) is 0 Å². The van der Waals surface area contributed by atoms with Crippen LogP contribution in [0.15, 0.2) is 115 Å². The van der Waals surface area contributed by atoms with E-state index in [1.165, 1.54) is 27.9 Å². The van der Waals surface area contributed by atoms with E-state index in [4.69, 9.17) is 18.9 Å². The Balaban J connectivity index is 1.36. The Morgan fingerprint density at radius 2 is 1.31 bits per heavy atom. The Morgan fingerprint density at radius 3 is 2.04 bits per heavy atom. The predicted molar refractivity (Wildman–Crippen MR) is 225 cm³/mol. The summed E-state index contributed by atoms with van der Waals surface area (Å²) in [5.41, 5.74) is 11.4. The fourth-order valence-electron chi connectivity index (χ4n) is 9.30. The van der Waals surface area contributed by atoms with Gasteiger partial charge in [-0.25, -0.2) is 0 Å². The van der Waals surface area contributed by atoms with Crippen molar-refractivity contribution in [1.29, 1.82) is 0 Å². The van der Waals surface area contributed by atoms with Gasteiger partial charge in [0.25, 0.3) is 0 Å². The van der Waals surface area contributed by atoms with Gasteiger partial charge in [0.15, 0.2) is 5.60 Å². The first-order valence-corrected chi connectivity index (χ1v) is 19.4. The molecule has 5 nitrogen and oxygen atoms in total. The number of aryl methyl sites for hydroxylation is 1. The number of ether oxygens (including phenoxy) is 4. The molecule has 9 rings (SSSR count). The quantitative estimate of drug-likeness (QED) is 0.171. The van der Waals surface area contributed by atoms with E-state index in [1.54, 1.807) is 14.2 Å². The summed E-state index contributed by atoms with van der Waals surface area (Å²) in [6, 6.07) is 39.4. The van der Waals surface area contributed by atoms with Gasteiger partial charge in [-0.15, -0.1) is 0 Å². The van der Waals surface area contributed by atoms with Gasteiger partial charge in [0.2, 0.25) is 0 Å². The zero-order chi connectivity index (χ0) is 38.1. The summed E-state index contributed by atoms with van der Waals surface area (Å²) in [4.78, 5) is 2.39. The summed E-state index contributed by atoms with van der Waals surface area (Å²) in [5.74, 6) is 2.44. The van der Waals surface area contributed by atoms with E-state index < -0.39 is 5.60 Å². The molecule has 0 amide bonds. The van der Waals surface area contributed by atoms with Crippen molar-refractivity contribution in [3.8, 4) is 39.5 Å². The summed E-state index contributed by atoms with van der Waals surface area (Å²) in [5, 5.41) is 2.14. The third-order valence-electron chi connectivity index (χ3n) is 12.9. The van der Waals surface area contributed by atoms with Crippen molar-refractivity contribution in [2.24, 2.45) is 0 Å². The SMILES string of the molecule is COc1cc(C)ccc1-c1cc2c3c(c4c(c2cc1OC)OC(c1ccccc1)(c1ccc(N2CCOCC2)cc1)C=C4)C(C)(C)C(C)(C)c1ccccc1-3. The minimum absolute atomic E-state index is 0.176. The molecule has 0 spiro atoms. The Labute approximate surface area is 325 Å². The number of fused-ring (bicyclic) bond motifs is 8. The van der Waals surface area contributed by atoms with Crippen LogP contribution in [0.2, 0.25) is 0 Å². The number of hydrogen-bond donors (Lipinski definition) is 0. The molecule has 1 saturated heterocycles. The second-order valence-corrected chi connectivity index (χ2v) is 16.3. The van der Waals surface area contributed by atoms with Crippen molar-refractivity contribution in [2.75, 3.05) is 45.4 Å². The highest BCUT2D eigenvalue weighted by molar-refractivity contribution is 6.09. The van der Waals surface area contributed by atoms with Gasteiger partial charge in [0.1, 0.15) is 17.2 Å². The summed E-state index contributed by atoms with van der Waals surface area (Å²) >= 11 is 0. The van der Waals surface area contributed by atoms with Crippen LogP contribution in [0.3, 0.4) is 0 Å². The highest BCUT2D eigenvalue weighted by Gasteiger charge is 2.49. The monoisotopic (exact) mass is 727 g/mol. The predicted octanol–water partition coefficient (Wildman–Crippen LogP) is 11.3. The van der Waals surface area contributed by atoms with Gasteiger partial charge < -0.3 is 23.8 Å². The van der Waals surface area contributed by atoms with Crippen LogP contribution in [0.25, 0.3) is 39.1 Å². The van der Waals surface area contributed by atoms with Gasteiger partial charge in [0, 0.05) is 57.4 Å². The highest BCUT2D eigenvalue weighted by Crippen LogP contribution is 2.61. The molecule has 6 aromatic carbocycles. The molecule has 278 valence electrons. The third kappa shape index (κ3) is 5.31. The smallest absolute Gasteiger partial charge is 0.178 e. The van der Waals surface area contributed by atoms with Gasteiger partial charge in [-0.1, -0.05) is 113 Å². The lowest BCUT2D eigenvalue weighted by molar-refractivity contribution is 0.122. The lowest BCUT2D eigenvalue weighted by atomic mass is 9.54. The van der Waals surface area contributed by atoms with Crippen LogP contribution in [-0.2, 0) is 21.2 Å². The zero-order valence-electron chi connectivity index (χ0n) is 33.0. The maximum Gasteiger partial charge on any atom is 0.178 e. The first-order valence-electron chi connectivity index (χ1n) is 19.4. The van der Waals surface area contributed by atoms with Crippen molar-refractivity contribution in [3.63, 3.8) is 0 Å². The van der Waals surface area contributed by atoms with E-state index in [2.05, 4.69) is 161 Å². The topological polar surface area (TPSA) is 40.2 Å². The molecule has 0 bridgehead atoms. The zero-order valence-corrected chi connectivity index (χ0v) is 33.0. The lowest BCUT2D eigenvalue weighted by Gasteiger charge is -2.50. The van der Waals surface area contributed by atoms with Crippen molar-refractivity contribution < 1.29 is 18.9 Å². The fourth-order valence-corrected chi connectivity index (χ4v) is 9.30. The largest absolute Gasteiger partial charge is 0.496 e. The van der Waals surface area contributed by atoms with Gasteiger partial charge in [-0.2, -0.15) is 0 Å². The molecule has 2 aliphatic heterocycles. The Bertz CT molecular complexity index is 2470. The molecule has 1 atom stereocenters. The van der Waals surface area contributed by atoms with Crippen LogP contribution >= 0.6 is 0 Å². The molecule has 0 aromatic heterocycles. The first kappa shape index (κ1) is 35.2. The summed E-state index contributed by atoms with van der Waals surface area (Å²) < 4.78 is 25.6.